The summed E-state index contributed by atoms with van der Waals surface area (Å²) >= 11 is 6.83. The number of alkyl halides is 4. The Kier molecular flexibility index (Phi) is 26.7. The molecule has 0 aliphatic rings. The van der Waals surface area contributed by atoms with Crippen LogP contribution in [0.4, 0.5) is 23.4 Å². The summed E-state index contributed by atoms with van der Waals surface area (Å²) in [6.07, 6.45) is 0.829. The maximum atomic E-state index is 13.2. The molecule has 2 rings (SSSR count). The van der Waals surface area contributed by atoms with Crippen molar-refractivity contribution in [3.63, 3.8) is 0 Å². The zero-order valence-corrected chi connectivity index (χ0v) is 32.2. The quantitative estimate of drug-likeness (QED) is 0.0422. The molecule has 55 heavy (non-hydrogen) atoms. The Bertz CT molecular complexity index is 1440. The summed E-state index contributed by atoms with van der Waals surface area (Å²) in [4.78, 5) is 50.1. The number of carbonyl (C=O) groups is 3. The molecule has 0 aliphatic heterocycles. The van der Waals surface area contributed by atoms with Crippen LogP contribution in [0.1, 0.15) is 38.2 Å². The lowest BCUT2D eigenvalue weighted by atomic mass is 10.2. The summed E-state index contributed by atoms with van der Waals surface area (Å²) in [6, 6.07) is 4.88. The van der Waals surface area contributed by atoms with Gasteiger partial charge in [0.25, 0.3) is 0 Å². The lowest BCUT2D eigenvalue weighted by Crippen LogP contribution is -2.48. The Hall–Kier alpha value is -3.53. The first kappa shape index (κ1) is 49.5. The SMILES string of the molecule is CC(=O)N[C@@H](CSc1cn(Cc2ccc(F)cc2)c(=O)nc1N)C(=O)NCCOCCOCCOCCOCCOCCCCCCCl.O=C(O)C(F)(F)F. The van der Waals surface area contributed by atoms with Crippen LogP contribution in [-0.4, -0.2) is 129 Å². The van der Waals surface area contributed by atoms with Gasteiger partial charge in [-0.25, -0.2) is 14.0 Å². The molecular weight excluding hydrogens is 782 g/mol. The van der Waals surface area contributed by atoms with E-state index in [2.05, 4.69) is 15.6 Å². The van der Waals surface area contributed by atoms with E-state index in [1.54, 1.807) is 12.1 Å². The fourth-order valence-electron chi connectivity index (χ4n) is 4.10. The third kappa shape index (κ3) is 25.3. The maximum Gasteiger partial charge on any atom is 0.490 e. The first-order valence-corrected chi connectivity index (χ1v) is 18.8. The number of carbonyl (C=O) groups excluding carboxylic acids is 2. The van der Waals surface area contributed by atoms with Crippen molar-refractivity contribution >= 4 is 47.0 Å². The van der Waals surface area contributed by atoms with E-state index in [9.17, 15) is 31.9 Å². The zero-order valence-electron chi connectivity index (χ0n) is 30.6. The Morgan fingerprint density at radius 1 is 0.891 bits per heavy atom. The number of rotatable bonds is 28. The summed E-state index contributed by atoms with van der Waals surface area (Å²) in [6.45, 7) is 6.38. The molecule has 0 spiro atoms. The number of carboxylic acids is 1. The highest BCUT2D eigenvalue weighted by atomic mass is 35.5. The Balaban J connectivity index is 0.00000196. The Labute approximate surface area is 325 Å². The Morgan fingerprint density at radius 3 is 1.91 bits per heavy atom. The summed E-state index contributed by atoms with van der Waals surface area (Å²) in [5.41, 5.74) is 6.10. The van der Waals surface area contributed by atoms with Crippen LogP contribution in [0.5, 0.6) is 0 Å². The van der Waals surface area contributed by atoms with Crippen molar-refractivity contribution in [2.45, 2.75) is 56.3 Å². The zero-order chi connectivity index (χ0) is 40.9. The number of nitrogens with zero attached hydrogens (tertiary/aromatic N) is 2. The highest BCUT2D eigenvalue weighted by Gasteiger charge is 2.38. The molecule has 5 N–H and O–H groups in total. The minimum atomic E-state index is -5.08. The molecule has 0 fully saturated rings. The van der Waals surface area contributed by atoms with Gasteiger partial charge in [0.05, 0.1) is 70.9 Å². The van der Waals surface area contributed by atoms with Crippen molar-refractivity contribution in [2.24, 2.45) is 0 Å². The van der Waals surface area contributed by atoms with Gasteiger partial charge in [0.15, 0.2) is 0 Å². The van der Waals surface area contributed by atoms with Crippen LogP contribution >= 0.6 is 23.4 Å². The van der Waals surface area contributed by atoms with Crippen molar-refractivity contribution < 1.29 is 60.7 Å². The molecule has 1 aromatic carbocycles. The van der Waals surface area contributed by atoms with E-state index in [0.717, 1.165) is 38.2 Å². The van der Waals surface area contributed by atoms with Crippen LogP contribution in [0, 0.1) is 5.82 Å². The number of anilines is 1. The second-order valence-corrected chi connectivity index (χ2v) is 12.8. The van der Waals surface area contributed by atoms with Crippen molar-refractivity contribution in [2.75, 3.05) is 90.0 Å². The van der Waals surface area contributed by atoms with Crippen LogP contribution in [-0.2, 0) is 44.6 Å². The van der Waals surface area contributed by atoms with Gasteiger partial charge in [-0.2, -0.15) is 18.2 Å². The van der Waals surface area contributed by atoms with Crippen molar-refractivity contribution in [1.29, 1.82) is 0 Å². The normalized spacial score (nSPS) is 11.7. The lowest BCUT2D eigenvalue weighted by Gasteiger charge is -2.18. The fraction of sp³-hybridized carbons (Fsp3) is 0.618. The number of nitrogens with two attached hydrogens (primary N) is 1. The number of aromatic nitrogens is 2. The van der Waals surface area contributed by atoms with Gasteiger partial charge in [-0.1, -0.05) is 25.0 Å². The standard InChI is InChI=1S/C32H49ClFN5O8S.C2HF3O2/c1-25(40)37-28(24-48-29-23-39(32(42)38-30(29)35)22-26-6-8-27(34)9-7-26)31(41)36-11-13-44-15-17-46-19-21-47-20-18-45-16-14-43-12-5-3-2-4-10-33;3-2(4,5)1(6)7/h6-9,23,28H,2-5,10-22,24H2,1H3,(H,36,41)(H,37,40)(H2,35,38,42);(H,6,7)/t28-;/m0./s1. The third-order valence-electron chi connectivity index (χ3n) is 6.80. The van der Waals surface area contributed by atoms with Crippen LogP contribution in [0.3, 0.4) is 0 Å². The van der Waals surface area contributed by atoms with Crippen LogP contribution in [0.2, 0.25) is 0 Å². The molecule has 0 saturated carbocycles. The summed E-state index contributed by atoms with van der Waals surface area (Å²) < 4.78 is 73.8. The van der Waals surface area contributed by atoms with E-state index in [4.69, 9.17) is 50.9 Å². The number of amides is 2. The van der Waals surface area contributed by atoms with Crippen molar-refractivity contribution in [3.05, 3.63) is 52.3 Å². The molecular formula is C34H50ClF4N5O10S. The van der Waals surface area contributed by atoms with E-state index in [0.29, 0.717) is 63.3 Å². The number of ether oxygens (including phenoxy) is 5. The largest absolute Gasteiger partial charge is 0.490 e. The van der Waals surface area contributed by atoms with Gasteiger partial charge in [0, 0.05) is 37.9 Å². The van der Waals surface area contributed by atoms with Gasteiger partial charge in [0.1, 0.15) is 17.7 Å². The maximum absolute atomic E-state index is 13.2. The molecule has 2 amide bonds. The van der Waals surface area contributed by atoms with Gasteiger partial charge in [-0.15, -0.1) is 23.4 Å². The summed E-state index contributed by atoms with van der Waals surface area (Å²) in [5.74, 6) is -3.04. The second kappa shape index (κ2) is 29.7. The monoisotopic (exact) mass is 831 g/mol. The second-order valence-electron chi connectivity index (χ2n) is 11.4. The van der Waals surface area contributed by atoms with Crippen LogP contribution < -0.4 is 22.1 Å². The number of nitrogen functional groups attached to an aromatic ring is 1. The number of hydrogen-bond acceptors (Lipinski definition) is 12. The number of benzene rings is 1. The predicted octanol–water partition coefficient (Wildman–Crippen LogP) is 3.24. The lowest BCUT2D eigenvalue weighted by molar-refractivity contribution is -0.192. The molecule has 21 heteroatoms. The van der Waals surface area contributed by atoms with Gasteiger partial charge in [0.2, 0.25) is 11.8 Å². The average molecular weight is 832 g/mol. The van der Waals surface area contributed by atoms with E-state index >= 15 is 0 Å². The summed E-state index contributed by atoms with van der Waals surface area (Å²) in [5, 5.41) is 12.5. The van der Waals surface area contributed by atoms with E-state index in [1.807, 2.05) is 0 Å². The molecule has 0 saturated heterocycles. The third-order valence-corrected chi connectivity index (χ3v) is 8.19. The van der Waals surface area contributed by atoms with Crippen LogP contribution in [0.25, 0.3) is 0 Å². The minimum absolute atomic E-state index is 0.00992. The molecule has 2 aromatic rings. The molecule has 1 heterocycles. The van der Waals surface area contributed by atoms with E-state index < -0.39 is 29.8 Å². The van der Waals surface area contributed by atoms with Crippen LogP contribution in [0.15, 0.2) is 40.2 Å². The number of halogens is 5. The first-order valence-electron chi connectivity index (χ1n) is 17.3. The molecule has 1 atom stereocenters. The predicted molar refractivity (Wildman–Crippen MR) is 197 cm³/mol. The number of carboxylic acid groups (broad SMARTS) is 1. The van der Waals surface area contributed by atoms with E-state index in [-0.39, 0.29) is 43.0 Å². The van der Waals surface area contributed by atoms with Crippen molar-refractivity contribution in [1.82, 2.24) is 20.2 Å². The number of aliphatic carboxylic acids is 1. The Morgan fingerprint density at radius 2 is 1.40 bits per heavy atom. The van der Waals surface area contributed by atoms with Gasteiger partial charge >= 0.3 is 17.8 Å². The van der Waals surface area contributed by atoms with Gasteiger partial charge in [-0.05, 0) is 30.5 Å². The highest BCUT2D eigenvalue weighted by molar-refractivity contribution is 7.99. The van der Waals surface area contributed by atoms with Gasteiger partial charge < -0.3 is 45.2 Å². The number of nitrogens with one attached hydrogen (secondary N) is 2. The number of thioether (sulfide) groups is 1. The minimum Gasteiger partial charge on any atom is -0.475 e. The number of unbranched alkanes of at least 4 members (excludes halogenated alkanes) is 3. The van der Waals surface area contributed by atoms with Gasteiger partial charge in [-0.3, -0.25) is 14.2 Å². The molecule has 0 bridgehead atoms. The molecule has 1 aromatic heterocycles. The highest BCUT2D eigenvalue weighted by Crippen LogP contribution is 2.23. The molecule has 0 aliphatic carbocycles. The molecule has 0 radical (unpaired) electrons. The fourth-order valence-corrected chi connectivity index (χ4v) is 5.27. The number of hydrogen-bond donors (Lipinski definition) is 4. The molecule has 0 unspecified atom stereocenters. The first-order chi connectivity index (χ1) is 26.2. The smallest absolute Gasteiger partial charge is 0.475 e. The molecule has 15 nitrogen and oxygen atoms in total. The molecule has 312 valence electrons. The summed E-state index contributed by atoms with van der Waals surface area (Å²) in [7, 11) is 0. The average Bonchev–Trinajstić information content (AvgIpc) is 3.12. The topological polar surface area (TPSA) is 203 Å². The van der Waals surface area contributed by atoms with Crippen molar-refractivity contribution in [3.8, 4) is 0 Å². The van der Waals surface area contributed by atoms with E-state index in [1.165, 1.54) is 41.6 Å².